The average Bonchev–Trinajstić information content (AvgIpc) is 3.14. The number of carbonyl (C=O) groups is 1. The van der Waals surface area contributed by atoms with Crippen molar-refractivity contribution in [3.63, 3.8) is 0 Å². The molecule has 1 unspecified atom stereocenters. The number of fused-ring (bicyclic) bond motifs is 2. The first-order valence-electron chi connectivity index (χ1n) is 6.83. The van der Waals surface area contributed by atoms with Crippen LogP contribution in [0.4, 0.5) is 5.69 Å². The molecule has 1 spiro atoms. The fourth-order valence-electron chi connectivity index (χ4n) is 3.00. The molecule has 0 saturated heterocycles. The van der Waals surface area contributed by atoms with Crippen LogP contribution in [0.1, 0.15) is 24.8 Å². The standard InChI is InChI=1S/C15H20N2O2/c1-19-11(9-16)8-14(18)17-10-15(6-7-15)12-4-2-3-5-13(12)17/h2-5,11H,6-10,16H2,1H3. The van der Waals surface area contributed by atoms with E-state index in [4.69, 9.17) is 10.5 Å². The van der Waals surface area contributed by atoms with Gasteiger partial charge < -0.3 is 15.4 Å². The second kappa shape index (κ2) is 4.62. The number of benzene rings is 1. The van der Waals surface area contributed by atoms with Crippen molar-refractivity contribution in [1.82, 2.24) is 0 Å². The summed E-state index contributed by atoms with van der Waals surface area (Å²) in [4.78, 5) is 14.4. The van der Waals surface area contributed by atoms with E-state index < -0.39 is 0 Å². The Balaban J connectivity index is 1.81. The Morgan fingerprint density at radius 2 is 2.21 bits per heavy atom. The maximum Gasteiger partial charge on any atom is 0.229 e. The van der Waals surface area contributed by atoms with Gasteiger partial charge in [-0.05, 0) is 24.5 Å². The van der Waals surface area contributed by atoms with E-state index in [1.807, 2.05) is 17.0 Å². The van der Waals surface area contributed by atoms with Crippen LogP contribution in [0, 0.1) is 0 Å². The summed E-state index contributed by atoms with van der Waals surface area (Å²) in [6.07, 6.45) is 2.56. The highest BCUT2D eigenvalue weighted by Crippen LogP contribution is 2.56. The minimum Gasteiger partial charge on any atom is -0.380 e. The van der Waals surface area contributed by atoms with Crippen molar-refractivity contribution in [2.24, 2.45) is 5.73 Å². The van der Waals surface area contributed by atoms with E-state index in [2.05, 4.69) is 12.1 Å². The Kier molecular flexibility index (Phi) is 3.07. The molecule has 1 atom stereocenters. The van der Waals surface area contributed by atoms with E-state index in [9.17, 15) is 4.79 Å². The average molecular weight is 260 g/mol. The lowest BCUT2D eigenvalue weighted by Gasteiger charge is -2.20. The summed E-state index contributed by atoms with van der Waals surface area (Å²) in [6, 6.07) is 8.26. The summed E-state index contributed by atoms with van der Waals surface area (Å²) in [7, 11) is 1.60. The molecule has 0 aromatic heterocycles. The minimum absolute atomic E-state index is 0.119. The van der Waals surface area contributed by atoms with Gasteiger partial charge in [0.25, 0.3) is 0 Å². The lowest BCUT2D eigenvalue weighted by Crippen LogP contribution is -2.36. The van der Waals surface area contributed by atoms with Gasteiger partial charge >= 0.3 is 0 Å². The van der Waals surface area contributed by atoms with Crippen LogP contribution < -0.4 is 10.6 Å². The van der Waals surface area contributed by atoms with Gasteiger partial charge in [0.05, 0.1) is 12.5 Å². The highest BCUT2D eigenvalue weighted by Gasteiger charge is 2.52. The highest BCUT2D eigenvalue weighted by molar-refractivity contribution is 5.97. The largest absolute Gasteiger partial charge is 0.380 e. The second-order valence-corrected chi connectivity index (χ2v) is 5.57. The smallest absolute Gasteiger partial charge is 0.229 e. The van der Waals surface area contributed by atoms with E-state index in [1.165, 1.54) is 18.4 Å². The number of hydrogen-bond donors (Lipinski definition) is 1. The van der Waals surface area contributed by atoms with Crippen LogP contribution in [0.25, 0.3) is 0 Å². The zero-order valence-electron chi connectivity index (χ0n) is 11.3. The molecule has 1 amide bonds. The number of para-hydroxylation sites is 1. The fourth-order valence-corrected chi connectivity index (χ4v) is 3.00. The molecule has 1 aliphatic carbocycles. The number of amides is 1. The molecule has 102 valence electrons. The first kappa shape index (κ1) is 12.6. The molecule has 1 fully saturated rings. The predicted octanol–water partition coefficient (Wildman–Crippen LogP) is 1.43. The molecule has 2 N–H and O–H groups in total. The predicted molar refractivity (Wildman–Crippen MR) is 74.2 cm³/mol. The highest BCUT2D eigenvalue weighted by atomic mass is 16.5. The summed E-state index contributed by atoms with van der Waals surface area (Å²) in [5, 5.41) is 0. The van der Waals surface area contributed by atoms with Gasteiger partial charge in [0.1, 0.15) is 0 Å². The molecule has 0 bridgehead atoms. The van der Waals surface area contributed by atoms with Gasteiger partial charge in [-0.1, -0.05) is 18.2 Å². The number of anilines is 1. The van der Waals surface area contributed by atoms with Crippen LogP contribution in [0.5, 0.6) is 0 Å². The van der Waals surface area contributed by atoms with Crippen LogP contribution in [-0.2, 0) is 14.9 Å². The SMILES string of the molecule is COC(CN)CC(=O)N1CC2(CC2)c2ccccc21. The third-order valence-electron chi connectivity index (χ3n) is 4.38. The third kappa shape index (κ3) is 2.05. The van der Waals surface area contributed by atoms with E-state index in [0.717, 1.165) is 12.2 Å². The normalized spacial score (nSPS) is 20.4. The summed E-state index contributed by atoms with van der Waals surface area (Å²) in [5.41, 5.74) is 8.26. The molecule has 1 heterocycles. The molecule has 1 aliphatic heterocycles. The number of carbonyl (C=O) groups excluding carboxylic acids is 1. The van der Waals surface area contributed by atoms with Crippen molar-refractivity contribution in [3.05, 3.63) is 29.8 Å². The Bertz CT molecular complexity index is 493. The Labute approximate surface area is 113 Å². The van der Waals surface area contributed by atoms with Gasteiger partial charge in [-0.15, -0.1) is 0 Å². The lowest BCUT2D eigenvalue weighted by molar-refractivity contribution is -0.120. The molecule has 4 heteroatoms. The van der Waals surface area contributed by atoms with Gasteiger partial charge in [0.15, 0.2) is 0 Å². The van der Waals surface area contributed by atoms with Gasteiger partial charge in [0.2, 0.25) is 5.91 Å². The van der Waals surface area contributed by atoms with Crippen molar-refractivity contribution in [3.8, 4) is 0 Å². The molecule has 2 aliphatic rings. The second-order valence-electron chi connectivity index (χ2n) is 5.57. The van der Waals surface area contributed by atoms with E-state index in [1.54, 1.807) is 7.11 Å². The molecule has 1 saturated carbocycles. The van der Waals surface area contributed by atoms with Gasteiger partial charge in [-0.2, -0.15) is 0 Å². The Morgan fingerprint density at radius 1 is 1.47 bits per heavy atom. The van der Waals surface area contributed by atoms with Crippen molar-refractivity contribution >= 4 is 11.6 Å². The molecule has 0 radical (unpaired) electrons. The number of nitrogens with zero attached hydrogens (tertiary/aromatic N) is 1. The van der Waals surface area contributed by atoms with Gasteiger partial charge in [-0.25, -0.2) is 0 Å². The third-order valence-corrected chi connectivity index (χ3v) is 4.38. The number of methoxy groups -OCH3 is 1. The molecule has 3 rings (SSSR count). The van der Waals surface area contributed by atoms with Crippen LogP contribution in [0.15, 0.2) is 24.3 Å². The summed E-state index contributed by atoms with van der Waals surface area (Å²) in [5.74, 6) is 0.119. The molecular formula is C15H20N2O2. The van der Waals surface area contributed by atoms with Crippen LogP contribution in [-0.4, -0.2) is 32.2 Å². The summed E-state index contributed by atoms with van der Waals surface area (Å²) in [6.45, 7) is 1.20. The number of ether oxygens (including phenoxy) is 1. The fraction of sp³-hybridized carbons (Fsp3) is 0.533. The Hall–Kier alpha value is -1.39. The topological polar surface area (TPSA) is 55.6 Å². The van der Waals surface area contributed by atoms with Crippen molar-refractivity contribution in [1.29, 1.82) is 0 Å². The van der Waals surface area contributed by atoms with E-state index in [-0.39, 0.29) is 17.4 Å². The molecule has 1 aromatic carbocycles. The maximum atomic E-state index is 12.4. The number of hydrogen-bond acceptors (Lipinski definition) is 3. The molecule has 19 heavy (non-hydrogen) atoms. The van der Waals surface area contributed by atoms with E-state index in [0.29, 0.717) is 13.0 Å². The van der Waals surface area contributed by atoms with Gasteiger partial charge in [-0.3, -0.25) is 4.79 Å². The maximum absolute atomic E-state index is 12.4. The zero-order chi connectivity index (χ0) is 13.5. The van der Waals surface area contributed by atoms with Crippen LogP contribution in [0.2, 0.25) is 0 Å². The van der Waals surface area contributed by atoms with Crippen LogP contribution in [0.3, 0.4) is 0 Å². The quantitative estimate of drug-likeness (QED) is 0.891. The van der Waals surface area contributed by atoms with Crippen molar-refractivity contribution < 1.29 is 9.53 Å². The van der Waals surface area contributed by atoms with Gasteiger partial charge in [0, 0.05) is 31.3 Å². The van der Waals surface area contributed by atoms with Crippen LogP contribution >= 0.6 is 0 Å². The number of nitrogens with two attached hydrogens (primary N) is 1. The molecule has 1 aromatic rings. The number of rotatable bonds is 4. The minimum atomic E-state index is -0.185. The first-order chi connectivity index (χ1) is 9.20. The molecule has 4 nitrogen and oxygen atoms in total. The molecular weight excluding hydrogens is 240 g/mol. The van der Waals surface area contributed by atoms with Crippen molar-refractivity contribution in [2.75, 3.05) is 25.1 Å². The summed E-state index contributed by atoms with van der Waals surface area (Å²) >= 11 is 0. The van der Waals surface area contributed by atoms with Crippen molar-refractivity contribution in [2.45, 2.75) is 30.8 Å². The Morgan fingerprint density at radius 3 is 2.84 bits per heavy atom. The summed E-state index contributed by atoms with van der Waals surface area (Å²) < 4.78 is 5.21. The lowest BCUT2D eigenvalue weighted by atomic mass is 9.99. The zero-order valence-corrected chi connectivity index (χ0v) is 11.3. The van der Waals surface area contributed by atoms with E-state index >= 15 is 0 Å². The first-order valence-corrected chi connectivity index (χ1v) is 6.83. The monoisotopic (exact) mass is 260 g/mol.